The number of hydrogen-bond acceptors (Lipinski definition) is 6. The van der Waals surface area contributed by atoms with Crippen molar-refractivity contribution in [2.24, 2.45) is 0 Å². The van der Waals surface area contributed by atoms with Crippen LogP contribution >= 0.6 is 0 Å². The second-order valence-corrected chi connectivity index (χ2v) is 11.8. The third-order valence-electron chi connectivity index (χ3n) is 6.32. The molecule has 0 saturated carbocycles. The number of nitrogens with zero attached hydrogens (tertiary/aromatic N) is 3. The zero-order chi connectivity index (χ0) is 25.7. The summed E-state index contributed by atoms with van der Waals surface area (Å²) < 4.78 is 36.7. The molecule has 3 aromatic rings. The number of benzene rings is 1. The van der Waals surface area contributed by atoms with Gasteiger partial charge in [-0.3, -0.25) is 9.48 Å². The van der Waals surface area contributed by atoms with Gasteiger partial charge in [0.25, 0.3) is 10.0 Å². The van der Waals surface area contributed by atoms with Crippen molar-refractivity contribution in [1.82, 2.24) is 19.5 Å². The van der Waals surface area contributed by atoms with E-state index >= 15 is 0 Å². The lowest BCUT2D eigenvalue weighted by Crippen LogP contribution is -2.36. The summed E-state index contributed by atoms with van der Waals surface area (Å²) in [5, 5.41) is 4.49. The Hall–Kier alpha value is -3.20. The number of ether oxygens (including phenoxy) is 1. The van der Waals surface area contributed by atoms with Gasteiger partial charge in [-0.25, -0.2) is 18.1 Å². The Labute approximate surface area is 206 Å². The van der Waals surface area contributed by atoms with Crippen molar-refractivity contribution in [3.63, 3.8) is 0 Å². The topological polar surface area (TPSA) is 103 Å². The van der Waals surface area contributed by atoms with Crippen molar-refractivity contribution in [1.29, 1.82) is 0 Å². The van der Waals surface area contributed by atoms with Gasteiger partial charge in [-0.15, -0.1) is 0 Å². The van der Waals surface area contributed by atoms with Crippen molar-refractivity contribution in [2.75, 3.05) is 6.61 Å². The molecule has 0 unspecified atom stereocenters. The number of sulfonamides is 1. The molecule has 4 bridgehead atoms. The second-order valence-electron chi connectivity index (χ2n) is 10.1. The zero-order valence-electron chi connectivity index (χ0n) is 21.3. The predicted octanol–water partition coefficient (Wildman–Crippen LogP) is 4.17. The molecule has 0 spiro atoms. The monoisotopic (exact) mass is 496 g/mol. The van der Waals surface area contributed by atoms with Crippen LogP contribution in [-0.2, 0) is 26.8 Å². The van der Waals surface area contributed by atoms with E-state index < -0.39 is 21.5 Å². The number of rotatable bonds is 1. The van der Waals surface area contributed by atoms with Crippen molar-refractivity contribution in [2.45, 2.75) is 71.2 Å². The highest BCUT2D eigenvalue weighted by Gasteiger charge is 2.33. The number of pyridine rings is 1. The number of aromatic nitrogens is 3. The van der Waals surface area contributed by atoms with Gasteiger partial charge in [0.2, 0.25) is 11.8 Å². The lowest BCUT2D eigenvalue weighted by molar-refractivity contribution is -0.118. The van der Waals surface area contributed by atoms with Gasteiger partial charge >= 0.3 is 0 Å². The first kappa shape index (κ1) is 24.9. The Morgan fingerprint density at radius 3 is 2.54 bits per heavy atom. The van der Waals surface area contributed by atoms with Crippen LogP contribution in [0.3, 0.4) is 0 Å². The highest BCUT2D eigenvalue weighted by atomic mass is 32.2. The van der Waals surface area contributed by atoms with Crippen LogP contribution in [0.5, 0.6) is 5.88 Å². The molecule has 8 nitrogen and oxygen atoms in total. The Bertz CT molecular complexity index is 1420. The molecule has 186 valence electrons. The minimum absolute atomic E-state index is 0.0145. The molecular weight excluding hydrogens is 464 g/mol. The average molecular weight is 497 g/mol. The third-order valence-corrected chi connectivity index (χ3v) is 7.95. The molecule has 1 aromatic carbocycles. The highest BCUT2D eigenvalue weighted by molar-refractivity contribution is 7.90. The van der Waals surface area contributed by atoms with Crippen LogP contribution < -0.4 is 9.46 Å². The van der Waals surface area contributed by atoms with Gasteiger partial charge in [0.05, 0.1) is 23.3 Å². The molecule has 0 radical (unpaired) electrons. The molecule has 1 amide bonds. The first-order valence-corrected chi connectivity index (χ1v) is 13.1. The fourth-order valence-corrected chi connectivity index (χ4v) is 6.17. The average Bonchev–Trinajstić information content (AvgIpc) is 3.08. The van der Waals surface area contributed by atoms with Crippen molar-refractivity contribution in [3.8, 4) is 17.0 Å². The Kier molecular flexibility index (Phi) is 6.25. The van der Waals surface area contributed by atoms with Crippen LogP contribution in [0.25, 0.3) is 11.1 Å². The van der Waals surface area contributed by atoms with E-state index in [4.69, 9.17) is 4.74 Å². The standard InChI is InChI=1S/C26H32N4O4S/c1-15(2)20-10-16(3)11-21-19-8-9-27-24(12-19)34-14-26(6,7)30-18(5)25(17(4)28-30)35(32,33)29-23(31)13-22(20)21/h8-12,15H,13-14H2,1-7H3,(H,29,31). The molecule has 9 heteroatoms. The molecule has 0 aliphatic carbocycles. The SMILES string of the molecule is Cc1cc2c(c(C(C)C)c1)CC(=O)NS(=O)(=O)c1c(C)nn(c1C)C(C)(C)COc1cc-2ccn1. The molecule has 0 saturated heterocycles. The number of nitrogens with one attached hydrogen (secondary N) is 1. The summed E-state index contributed by atoms with van der Waals surface area (Å²) in [4.78, 5) is 17.6. The van der Waals surface area contributed by atoms with Crippen LogP contribution in [0, 0.1) is 20.8 Å². The van der Waals surface area contributed by atoms with Crippen LogP contribution in [0.2, 0.25) is 0 Å². The van der Waals surface area contributed by atoms with E-state index in [1.807, 2.05) is 39.0 Å². The minimum Gasteiger partial charge on any atom is -0.475 e. The molecule has 4 rings (SSSR count). The largest absolute Gasteiger partial charge is 0.475 e. The summed E-state index contributed by atoms with van der Waals surface area (Å²) in [5.74, 6) is -0.0118. The maximum atomic E-state index is 13.3. The van der Waals surface area contributed by atoms with Gasteiger partial charge < -0.3 is 4.74 Å². The Morgan fingerprint density at radius 1 is 1.14 bits per heavy atom. The highest BCUT2D eigenvalue weighted by Crippen LogP contribution is 2.34. The number of carbonyl (C=O) groups excluding carboxylic acids is 1. The van der Waals surface area contributed by atoms with E-state index in [2.05, 4.69) is 34.7 Å². The number of carbonyl (C=O) groups is 1. The molecule has 1 aliphatic rings. The van der Waals surface area contributed by atoms with Gasteiger partial charge in [0, 0.05) is 12.3 Å². The van der Waals surface area contributed by atoms with Gasteiger partial charge in [0.1, 0.15) is 11.5 Å². The molecule has 0 fully saturated rings. The van der Waals surface area contributed by atoms with Gasteiger partial charge in [-0.1, -0.05) is 31.5 Å². The zero-order valence-corrected chi connectivity index (χ0v) is 22.1. The molecule has 2 aromatic heterocycles. The van der Waals surface area contributed by atoms with Crippen molar-refractivity contribution in [3.05, 3.63) is 58.5 Å². The molecule has 3 heterocycles. The molecule has 35 heavy (non-hydrogen) atoms. The number of aryl methyl sites for hydroxylation is 2. The lowest BCUT2D eigenvalue weighted by atomic mass is 9.87. The van der Waals surface area contributed by atoms with E-state index in [9.17, 15) is 13.2 Å². The number of hydrogen-bond donors (Lipinski definition) is 1. The van der Waals surface area contributed by atoms with Crippen LogP contribution in [0.4, 0.5) is 0 Å². The van der Waals surface area contributed by atoms with Crippen molar-refractivity contribution >= 4 is 15.9 Å². The summed E-state index contributed by atoms with van der Waals surface area (Å²) in [5.41, 5.74) is 4.63. The normalized spacial score (nSPS) is 17.1. The molecular formula is C26H32N4O4S. The number of amides is 1. The summed E-state index contributed by atoms with van der Waals surface area (Å²) in [7, 11) is -4.13. The fraction of sp³-hybridized carbons (Fsp3) is 0.423. The second kappa shape index (κ2) is 8.78. The van der Waals surface area contributed by atoms with E-state index in [0.717, 1.165) is 27.8 Å². The van der Waals surface area contributed by atoms with Gasteiger partial charge in [-0.05, 0) is 68.9 Å². The van der Waals surface area contributed by atoms with E-state index in [1.54, 1.807) is 24.7 Å². The van der Waals surface area contributed by atoms with Crippen LogP contribution in [-0.4, -0.2) is 35.7 Å². The summed E-state index contributed by atoms with van der Waals surface area (Å²) in [6, 6.07) is 7.81. The fourth-order valence-electron chi connectivity index (χ4n) is 4.79. The summed E-state index contributed by atoms with van der Waals surface area (Å²) in [6.45, 7) is 13.5. The van der Waals surface area contributed by atoms with E-state index in [-0.39, 0.29) is 23.8 Å². The van der Waals surface area contributed by atoms with Crippen LogP contribution in [0.15, 0.2) is 35.4 Å². The molecule has 1 aliphatic heterocycles. The minimum atomic E-state index is -4.13. The maximum Gasteiger partial charge on any atom is 0.267 e. The predicted molar refractivity (Wildman–Crippen MR) is 134 cm³/mol. The smallest absolute Gasteiger partial charge is 0.267 e. The number of fused-ring (bicyclic) bond motifs is 6. The lowest BCUT2D eigenvalue weighted by Gasteiger charge is -2.27. The first-order valence-electron chi connectivity index (χ1n) is 11.6. The van der Waals surface area contributed by atoms with E-state index in [1.165, 1.54) is 0 Å². The Morgan fingerprint density at radius 2 is 1.86 bits per heavy atom. The summed E-state index contributed by atoms with van der Waals surface area (Å²) >= 11 is 0. The van der Waals surface area contributed by atoms with Crippen LogP contribution in [0.1, 0.15) is 61.7 Å². The molecule has 0 atom stereocenters. The first-order chi connectivity index (χ1) is 16.3. The quantitative estimate of drug-likeness (QED) is 0.542. The summed E-state index contributed by atoms with van der Waals surface area (Å²) in [6.07, 6.45) is 1.60. The Balaban J connectivity index is 1.96. The van der Waals surface area contributed by atoms with Gasteiger partial charge in [0.15, 0.2) is 0 Å². The third kappa shape index (κ3) is 4.69. The molecule has 1 N–H and O–H groups in total. The van der Waals surface area contributed by atoms with Crippen molar-refractivity contribution < 1.29 is 17.9 Å². The maximum absolute atomic E-state index is 13.3. The van der Waals surface area contributed by atoms with E-state index in [0.29, 0.717) is 17.3 Å². The van der Waals surface area contributed by atoms with Gasteiger partial charge in [-0.2, -0.15) is 5.10 Å².